The molecule has 4 rings (SSSR count). The lowest BCUT2D eigenvalue weighted by Gasteiger charge is -2.16. The van der Waals surface area contributed by atoms with Crippen LogP contribution in [0.4, 0.5) is 27.5 Å². The van der Waals surface area contributed by atoms with Crippen molar-refractivity contribution < 1.29 is 4.39 Å². The number of halogens is 1. The van der Waals surface area contributed by atoms with E-state index >= 15 is 0 Å². The van der Waals surface area contributed by atoms with Crippen molar-refractivity contribution in [1.82, 2.24) is 9.97 Å². The third kappa shape index (κ3) is 3.06. The molecule has 4 N–H and O–H groups in total. The lowest BCUT2D eigenvalue weighted by molar-refractivity contribution is 0.626. The molecule has 26 heavy (non-hydrogen) atoms. The van der Waals surface area contributed by atoms with Gasteiger partial charge in [0.05, 0.1) is 0 Å². The van der Waals surface area contributed by atoms with Crippen LogP contribution in [0, 0.1) is 11.2 Å². The quantitative estimate of drug-likeness (QED) is 0.496. The molecule has 0 aliphatic carbocycles. The molecular formula is C19H17FN6. The second-order valence-corrected chi connectivity index (χ2v) is 6.12. The summed E-state index contributed by atoms with van der Waals surface area (Å²) in [5.41, 5.74) is 9.84. The van der Waals surface area contributed by atoms with Gasteiger partial charge in [-0.15, -0.1) is 0 Å². The Hall–Kier alpha value is -3.48. The van der Waals surface area contributed by atoms with Crippen molar-refractivity contribution in [1.29, 1.82) is 5.41 Å². The number of fused-ring (bicyclic) bond motifs is 1. The van der Waals surface area contributed by atoms with Crippen LogP contribution in [0.2, 0.25) is 0 Å². The predicted molar refractivity (Wildman–Crippen MR) is 100 cm³/mol. The zero-order valence-electron chi connectivity index (χ0n) is 13.9. The summed E-state index contributed by atoms with van der Waals surface area (Å²) in [5.74, 6) is 0.986. The number of aromatic nitrogens is 2. The molecule has 2 aromatic carbocycles. The first-order chi connectivity index (χ1) is 12.6. The maximum atomic E-state index is 13.4. The highest BCUT2D eigenvalue weighted by atomic mass is 19.1. The SMILES string of the molecule is N=Cc1cc(Nc2ccnc(N3Cc4ccc(F)cc4C3)n2)ccc1N. The van der Waals surface area contributed by atoms with Gasteiger partial charge in [-0.3, -0.25) is 0 Å². The van der Waals surface area contributed by atoms with E-state index in [-0.39, 0.29) is 5.82 Å². The first-order valence-corrected chi connectivity index (χ1v) is 8.15. The van der Waals surface area contributed by atoms with Gasteiger partial charge < -0.3 is 21.4 Å². The lowest BCUT2D eigenvalue weighted by Crippen LogP contribution is -2.17. The summed E-state index contributed by atoms with van der Waals surface area (Å²) in [6.07, 6.45) is 2.90. The molecule has 7 heteroatoms. The number of hydrogen-bond acceptors (Lipinski definition) is 6. The molecule has 130 valence electrons. The summed E-state index contributed by atoms with van der Waals surface area (Å²) in [7, 11) is 0. The van der Waals surface area contributed by atoms with Gasteiger partial charge in [0.1, 0.15) is 11.6 Å². The molecule has 0 atom stereocenters. The second kappa shape index (κ2) is 6.44. The molecule has 0 radical (unpaired) electrons. The minimum absolute atomic E-state index is 0.229. The van der Waals surface area contributed by atoms with E-state index in [1.165, 1.54) is 12.3 Å². The Labute approximate surface area is 150 Å². The molecule has 0 unspecified atom stereocenters. The third-order valence-corrected chi connectivity index (χ3v) is 4.33. The van der Waals surface area contributed by atoms with E-state index in [4.69, 9.17) is 11.1 Å². The van der Waals surface area contributed by atoms with Gasteiger partial charge in [-0.2, -0.15) is 4.98 Å². The molecule has 0 saturated carbocycles. The first-order valence-electron chi connectivity index (χ1n) is 8.15. The van der Waals surface area contributed by atoms with Gasteiger partial charge in [0.25, 0.3) is 0 Å². The van der Waals surface area contributed by atoms with E-state index < -0.39 is 0 Å². The highest BCUT2D eigenvalue weighted by Crippen LogP contribution is 2.27. The van der Waals surface area contributed by atoms with Crippen LogP contribution >= 0.6 is 0 Å². The van der Waals surface area contributed by atoms with E-state index in [1.807, 2.05) is 11.0 Å². The fourth-order valence-corrected chi connectivity index (χ4v) is 3.00. The first kappa shape index (κ1) is 16.0. The molecule has 0 amide bonds. The number of nitrogens with one attached hydrogen (secondary N) is 2. The van der Waals surface area contributed by atoms with Gasteiger partial charge >= 0.3 is 0 Å². The highest BCUT2D eigenvalue weighted by molar-refractivity contribution is 5.87. The Morgan fingerprint density at radius 1 is 1.12 bits per heavy atom. The molecule has 2 heterocycles. The Morgan fingerprint density at radius 2 is 1.96 bits per heavy atom. The molecule has 1 aliphatic heterocycles. The van der Waals surface area contributed by atoms with Crippen LogP contribution in [0.25, 0.3) is 0 Å². The van der Waals surface area contributed by atoms with Gasteiger partial charge in [-0.25, -0.2) is 9.37 Å². The van der Waals surface area contributed by atoms with Gasteiger partial charge in [0.15, 0.2) is 0 Å². The molecule has 3 aromatic rings. The van der Waals surface area contributed by atoms with E-state index in [1.54, 1.807) is 36.5 Å². The van der Waals surface area contributed by atoms with Crippen LogP contribution in [0.1, 0.15) is 16.7 Å². The summed E-state index contributed by atoms with van der Waals surface area (Å²) < 4.78 is 13.4. The van der Waals surface area contributed by atoms with Crippen molar-refractivity contribution in [2.45, 2.75) is 13.1 Å². The van der Waals surface area contributed by atoms with Crippen molar-refractivity contribution in [3.8, 4) is 0 Å². The maximum Gasteiger partial charge on any atom is 0.227 e. The number of rotatable bonds is 4. The average Bonchev–Trinajstić information content (AvgIpc) is 3.07. The van der Waals surface area contributed by atoms with Crippen molar-refractivity contribution in [2.24, 2.45) is 0 Å². The third-order valence-electron chi connectivity index (χ3n) is 4.33. The summed E-state index contributed by atoms with van der Waals surface area (Å²) in [4.78, 5) is 10.9. The van der Waals surface area contributed by atoms with Gasteiger partial charge in [-0.1, -0.05) is 6.07 Å². The molecule has 1 aromatic heterocycles. The van der Waals surface area contributed by atoms with Crippen molar-refractivity contribution in [3.05, 3.63) is 71.2 Å². The summed E-state index contributed by atoms with van der Waals surface area (Å²) in [6.45, 7) is 1.23. The molecule has 0 bridgehead atoms. The second-order valence-electron chi connectivity index (χ2n) is 6.12. The van der Waals surface area contributed by atoms with Crippen LogP contribution < -0.4 is 16.0 Å². The number of nitrogen functional groups attached to an aromatic ring is 1. The number of nitrogens with two attached hydrogens (primary N) is 1. The van der Waals surface area contributed by atoms with Crippen LogP contribution in [0.5, 0.6) is 0 Å². The van der Waals surface area contributed by atoms with Gasteiger partial charge in [0, 0.05) is 42.4 Å². The fraction of sp³-hybridized carbons (Fsp3) is 0.105. The predicted octanol–water partition coefficient (Wildman–Crippen LogP) is 3.46. The zero-order valence-corrected chi connectivity index (χ0v) is 13.9. The fourth-order valence-electron chi connectivity index (χ4n) is 3.00. The van der Waals surface area contributed by atoms with E-state index in [2.05, 4.69) is 15.3 Å². The largest absolute Gasteiger partial charge is 0.398 e. The molecular weight excluding hydrogens is 331 g/mol. The summed E-state index contributed by atoms with van der Waals surface area (Å²) >= 11 is 0. The van der Waals surface area contributed by atoms with Crippen LogP contribution in [0.15, 0.2) is 48.7 Å². The standard InChI is InChI=1S/C19H17FN6/c20-15-2-1-12-10-26(11-14(12)7-15)19-23-6-5-18(25-19)24-16-3-4-17(22)13(8-16)9-21/h1-9,21H,10-11,22H2,(H,23,24,25). The molecule has 6 nitrogen and oxygen atoms in total. The lowest BCUT2D eigenvalue weighted by atomic mass is 10.1. The topological polar surface area (TPSA) is 90.9 Å². The van der Waals surface area contributed by atoms with E-state index in [0.29, 0.717) is 36.1 Å². The Bertz CT molecular complexity index is 988. The summed E-state index contributed by atoms with van der Waals surface area (Å²) in [6, 6.07) is 12.0. The Morgan fingerprint density at radius 3 is 2.81 bits per heavy atom. The summed E-state index contributed by atoms with van der Waals surface area (Å²) in [5, 5.41) is 10.6. The Kier molecular flexibility index (Phi) is 3.96. The van der Waals surface area contributed by atoms with E-state index in [9.17, 15) is 4.39 Å². The molecule has 1 aliphatic rings. The van der Waals surface area contributed by atoms with Crippen molar-refractivity contribution in [3.63, 3.8) is 0 Å². The van der Waals surface area contributed by atoms with Crippen LogP contribution in [-0.4, -0.2) is 16.2 Å². The van der Waals surface area contributed by atoms with Crippen molar-refractivity contribution in [2.75, 3.05) is 16.0 Å². The number of anilines is 4. The van der Waals surface area contributed by atoms with Crippen LogP contribution in [0.3, 0.4) is 0 Å². The monoisotopic (exact) mass is 348 g/mol. The van der Waals surface area contributed by atoms with E-state index in [0.717, 1.165) is 16.8 Å². The number of hydrogen-bond donors (Lipinski definition) is 3. The molecule has 0 fully saturated rings. The Balaban J connectivity index is 1.55. The zero-order chi connectivity index (χ0) is 18.1. The number of nitrogens with zero attached hydrogens (tertiary/aromatic N) is 3. The van der Waals surface area contributed by atoms with Crippen molar-refractivity contribution >= 4 is 29.4 Å². The molecule has 0 saturated heterocycles. The number of benzene rings is 2. The molecule has 0 spiro atoms. The maximum absolute atomic E-state index is 13.4. The minimum Gasteiger partial charge on any atom is -0.398 e. The smallest absolute Gasteiger partial charge is 0.227 e. The van der Waals surface area contributed by atoms with Crippen LogP contribution in [-0.2, 0) is 13.1 Å². The highest BCUT2D eigenvalue weighted by Gasteiger charge is 2.21. The average molecular weight is 348 g/mol. The van der Waals surface area contributed by atoms with Gasteiger partial charge in [-0.05, 0) is 47.5 Å². The minimum atomic E-state index is -0.229. The normalized spacial score (nSPS) is 12.7. The van der Waals surface area contributed by atoms with Gasteiger partial charge in [0.2, 0.25) is 5.95 Å².